The highest BCUT2D eigenvalue weighted by molar-refractivity contribution is 4.72. The molecule has 0 aromatic heterocycles. The number of nitrogens with zero attached hydrogens (tertiary/aromatic N) is 1. The second-order valence-electron chi connectivity index (χ2n) is 8.20. The van der Waals surface area contributed by atoms with E-state index < -0.39 is 0 Å². The molecule has 0 amide bonds. The number of hydrogen-bond acceptors (Lipinski definition) is 1. The van der Waals surface area contributed by atoms with Crippen LogP contribution in [0, 0.1) is 5.41 Å². The predicted molar refractivity (Wildman–Crippen MR) is 89.9 cm³/mol. The van der Waals surface area contributed by atoms with Crippen molar-refractivity contribution in [1.29, 1.82) is 0 Å². The predicted octanol–water partition coefficient (Wildman–Crippen LogP) is 1.61. The average molecular weight is 366 g/mol. The molecule has 0 aromatic carbocycles. The van der Waals surface area contributed by atoms with Crippen LogP contribution in [-0.4, -0.2) is 42.9 Å². The average Bonchev–Trinajstić information content (AvgIpc) is 2.30. The first-order valence-electron chi connectivity index (χ1n) is 8.69. The fourth-order valence-corrected chi connectivity index (χ4v) is 2.51. The van der Waals surface area contributed by atoms with Crippen molar-refractivity contribution in [2.75, 3.05) is 27.2 Å². The Bertz CT molecular complexity index is 236. The minimum atomic E-state index is -0.216. The molecule has 0 bridgehead atoms. The van der Waals surface area contributed by atoms with Crippen LogP contribution in [0.3, 0.4) is 0 Å². The summed E-state index contributed by atoms with van der Waals surface area (Å²) in [6.45, 7) is 10.7. The molecule has 0 saturated carbocycles. The first kappa shape index (κ1) is 23.7. The zero-order valence-electron chi connectivity index (χ0n) is 15.4. The van der Waals surface area contributed by atoms with Gasteiger partial charge in [-0.05, 0) is 18.3 Å². The molecule has 0 aliphatic heterocycles. The van der Waals surface area contributed by atoms with E-state index in [4.69, 9.17) is 0 Å². The lowest BCUT2D eigenvalue weighted by Crippen LogP contribution is -3.00. The van der Waals surface area contributed by atoms with Gasteiger partial charge in [0.2, 0.25) is 0 Å². The smallest absolute Gasteiger partial charge is 0.108 e. The van der Waals surface area contributed by atoms with E-state index in [1.54, 1.807) is 0 Å². The molecule has 1 atom stereocenters. The number of aliphatic hydroxyl groups excluding tert-OH is 1. The number of unbranched alkanes of at least 4 members (excludes halogenated alkanes) is 7. The molecule has 130 valence electrons. The van der Waals surface area contributed by atoms with Crippen molar-refractivity contribution in [3.63, 3.8) is 0 Å². The van der Waals surface area contributed by atoms with Crippen LogP contribution in [0.2, 0.25) is 0 Å². The van der Waals surface area contributed by atoms with Gasteiger partial charge in [0.25, 0.3) is 0 Å². The van der Waals surface area contributed by atoms with Crippen molar-refractivity contribution >= 4 is 0 Å². The minimum Gasteiger partial charge on any atom is -1.00 e. The Balaban J connectivity index is 0. The highest BCUT2D eigenvalue weighted by Crippen LogP contribution is 2.21. The Labute approximate surface area is 144 Å². The summed E-state index contributed by atoms with van der Waals surface area (Å²) in [6.07, 6.45) is 10.8. The molecule has 0 aliphatic carbocycles. The van der Waals surface area contributed by atoms with Crippen LogP contribution in [0.5, 0.6) is 0 Å². The molecular weight excluding hydrogens is 326 g/mol. The van der Waals surface area contributed by atoms with Gasteiger partial charge in [0.1, 0.15) is 12.6 Å². The maximum Gasteiger partial charge on any atom is 0.108 e. The van der Waals surface area contributed by atoms with Gasteiger partial charge in [-0.3, -0.25) is 0 Å². The Morgan fingerprint density at radius 1 is 0.857 bits per heavy atom. The van der Waals surface area contributed by atoms with E-state index in [-0.39, 0.29) is 28.5 Å². The summed E-state index contributed by atoms with van der Waals surface area (Å²) in [5.74, 6) is 0. The number of likely N-dealkylation sites (N-methyl/N-ethyl adjacent to an activating group) is 1. The van der Waals surface area contributed by atoms with Gasteiger partial charge < -0.3 is 26.6 Å². The molecule has 1 N–H and O–H groups in total. The third kappa shape index (κ3) is 13.8. The summed E-state index contributed by atoms with van der Waals surface area (Å²) in [6, 6.07) is 0. The van der Waals surface area contributed by atoms with E-state index in [0.29, 0.717) is 0 Å². The summed E-state index contributed by atoms with van der Waals surface area (Å²) < 4.78 is 0.939. The van der Waals surface area contributed by atoms with E-state index in [2.05, 4.69) is 41.8 Å². The first-order chi connectivity index (χ1) is 9.19. The number of rotatable bonds is 11. The highest BCUT2D eigenvalue weighted by atomic mass is 79.9. The molecule has 0 aromatic rings. The molecule has 0 spiro atoms. The SMILES string of the molecule is CCCCCCCCCC[N+](C)(C)CC(O)C(C)(C)C.[Br-]. The highest BCUT2D eigenvalue weighted by Gasteiger charge is 2.29. The van der Waals surface area contributed by atoms with Crippen molar-refractivity contribution in [2.24, 2.45) is 5.41 Å². The first-order valence-corrected chi connectivity index (χ1v) is 8.69. The monoisotopic (exact) mass is 365 g/mol. The minimum absolute atomic E-state index is 0. The van der Waals surface area contributed by atoms with Crippen LogP contribution in [0.4, 0.5) is 0 Å². The molecule has 0 radical (unpaired) electrons. The molecule has 0 heterocycles. The van der Waals surface area contributed by atoms with Crippen LogP contribution >= 0.6 is 0 Å². The fraction of sp³-hybridized carbons (Fsp3) is 1.00. The van der Waals surface area contributed by atoms with Crippen LogP contribution in [0.25, 0.3) is 0 Å². The van der Waals surface area contributed by atoms with Crippen molar-refractivity contribution in [1.82, 2.24) is 0 Å². The van der Waals surface area contributed by atoms with Gasteiger partial charge in [-0.25, -0.2) is 0 Å². The molecule has 0 fully saturated rings. The topological polar surface area (TPSA) is 20.2 Å². The zero-order chi connectivity index (χ0) is 15.6. The van der Waals surface area contributed by atoms with Crippen LogP contribution < -0.4 is 17.0 Å². The molecule has 3 heteroatoms. The molecule has 1 unspecified atom stereocenters. The van der Waals surface area contributed by atoms with Crippen LogP contribution in [-0.2, 0) is 0 Å². The van der Waals surface area contributed by atoms with E-state index in [9.17, 15) is 5.11 Å². The van der Waals surface area contributed by atoms with Gasteiger partial charge in [0.05, 0.1) is 20.6 Å². The Hall–Kier alpha value is 0.400. The van der Waals surface area contributed by atoms with Gasteiger partial charge >= 0.3 is 0 Å². The third-order valence-electron chi connectivity index (χ3n) is 4.28. The van der Waals surface area contributed by atoms with Crippen molar-refractivity contribution < 1.29 is 26.6 Å². The Kier molecular flexibility index (Phi) is 13.4. The molecule has 0 rings (SSSR count). The molecule has 0 saturated heterocycles. The summed E-state index contributed by atoms with van der Waals surface area (Å²) in [7, 11) is 4.49. The Morgan fingerprint density at radius 2 is 1.29 bits per heavy atom. The summed E-state index contributed by atoms with van der Waals surface area (Å²) in [4.78, 5) is 0. The lowest BCUT2D eigenvalue weighted by molar-refractivity contribution is -0.894. The van der Waals surface area contributed by atoms with E-state index in [0.717, 1.165) is 11.0 Å². The lowest BCUT2D eigenvalue weighted by atomic mass is 9.88. The summed E-state index contributed by atoms with van der Waals surface area (Å²) in [5, 5.41) is 10.2. The fourth-order valence-electron chi connectivity index (χ4n) is 2.51. The lowest BCUT2D eigenvalue weighted by Gasteiger charge is -2.36. The molecule has 2 nitrogen and oxygen atoms in total. The molecule has 0 aliphatic rings. The van der Waals surface area contributed by atoms with Gasteiger partial charge in [-0.1, -0.05) is 66.2 Å². The van der Waals surface area contributed by atoms with Gasteiger partial charge in [-0.2, -0.15) is 0 Å². The summed E-state index contributed by atoms with van der Waals surface area (Å²) >= 11 is 0. The van der Waals surface area contributed by atoms with Gasteiger partial charge in [0, 0.05) is 0 Å². The van der Waals surface area contributed by atoms with E-state index in [1.165, 1.54) is 57.9 Å². The van der Waals surface area contributed by atoms with E-state index >= 15 is 0 Å². The third-order valence-corrected chi connectivity index (χ3v) is 4.28. The maximum atomic E-state index is 10.2. The number of quaternary nitrogens is 1. The normalized spacial score (nSPS) is 13.9. The Morgan fingerprint density at radius 3 is 1.71 bits per heavy atom. The number of aliphatic hydroxyl groups is 1. The quantitative estimate of drug-likeness (QED) is 0.435. The van der Waals surface area contributed by atoms with Gasteiger partial charge in [-0.15, -0.1) is 0 Å². The van der Waals surface area contributed by atoms with Crippen molar-refractivity contribution in [3.05, 3.63) is 0 Å². The van der Waals surface area contributed by atoms with E-state index in [1.807, 2.05) is 0 Å². The second-order valence-corrected chi connectivity index (χ2v) is 8.20. The standard InChI is InChI=1S/C18H40NO.BrH/c1-7-8-9-10-11-12-13-14-15-19(5,6)16-17(20)18(2,3)4;/h17,20H,7-16H2,1-6H3;1H/q+1;/p-1. The second kappa shape index (κ2) is 11.9. The van der Waals surface area contributed by atoms with Crippen molar-refractivity contribution in [2.45, 2.75) is 85.2 Å². The number of hydrogen-bond donors (Lipinski definition) is 1. The van der Waals surface area contributed by atoms with Gasteiger partial charge in [0.15, 0.2) is 0 Å². The molecular formula is C18H40BrNO. The summed E-state index contributed by atoms with van der Waals surface area (Å²) in [5.41, 5.74) is -0.00516. The van der Waals surface area contributed by atoms with Crippen LogP contribution in [0.1, 0.15) is 79.1 Å². The molecule has 21 heavy (non-hydrogen) atoms. The number of halogens is 1. The maximum absolute atomic E-state index is 10.2. The zero-order valence-corrected chi connectivity index (χ0v) is 17.0. The largest absolute Gasteiger partial charge is 1.00 e. The van der Waals surface area contributed by atoms with Crippen LogP contribution in [0.15, 0.2) is 0 Å². The van der Waals surface area contributed by atoms with Crippen molar-refractivity contribution in [3.8, 4) is 0 Å².